The van der Waals surface area contributed by atoms with Crippen molar-refractivity contribution in [1.82, 2.24) is 9.36 Å². The van der Waals surface area contributed by atoms with Crippen molar-refractivity contribution in [1.29, 1.82) is 0 Å². The summed E-state index contributed by atoms with van der Waals surface area (Å²) in [6, 6.07) is 0. The predicted octanol–water partition coefficient (Wildman–Crippen LogP) is 2.53. The molecule has 1 N–H and O–H groups in total. The third-order valence-corrected chi connectivity index (χ3v) is 3.34. The van der Waals surface area contributed by atoms with Gasteiger partial charge >= 0.3 is 0 Å². The van der Waals surface area contributed by atoms with E-state index in [9.17, 15) is 0 Å². The molecule has 0 saturated heterocycles. The van der Waals surface area contributed by atoms with Gasteiger partial charge in [-0.1, -0.05) is 13.3 Å². The van der Waals surface area contributed by atoms with Crippen LogP contribution in [0.2, 0.25) is 0 Å². The van der Waals surface area contributed by atoms with E-state index in [1.165, 1.54) is 37.2 Å². The normalized spacial score (nSPS) is 18.5. The van der Waals surface area contributed by atoms with Gasteiger partial charge in [0.1, 0.15) is 6.33 Å². The van der Waals surface area contributed by atoms with Gasteiger partial charge < -0.3 is 5.32 Å². The molecule has 1 heterocycles. The molecule has 0 unspecified atom stereocenters. The average Bonchev–Trinajstić information content (AvgIpc) is 2.71. The summed E-state index contributed by atoms with van der Waals surface area (Å²) in [6.07, 6.45) is 7.00. The van der Waals surface area contributed by atoms with Gasteiger partial charge in [-0.25, -0.2) is 4.98 Å². The van der Waals surface area contributed by atoms with E-state index in [1.807, 2.05) is 0 Å². The van der Waals surface area contributed by atoms with Crippen molar-refractivity contribution in [3.63, 3.8) is 0 Å². The summed E-state index contributed by atoms with van der Waals surface area (Å²) in [7, 11) is 0. The molecule has 72 valence electrons. The first-order chi connectivity index (χ1) is 6.35. The standard InChI is InChI=1S/C9H15N3S/c1-2-3-9(4-5-9)6-10-8-11-7-12-13-8/h7H,2-6H2,1H3,(H,10,11,12). The van der Waals surface area contributed by atoms with Crippen molar-refractivity contribution >= 4 is 16.7 Å². The van der Waals surface area contributed by atoms with Crippen LogP contribution in [0, 0.1) is 5.41 Å². The second-order valence-corrected chi connectivity index (χ2v) is 4.63. The fourth-order valence-electron chi connectivity index (χ4n) is 1.74. The van der Waals surface area contributed by atoms with Crippen molar-refractivity contribution < 1.29 is 0 Å². The van der Waals surface area contributed by atoms with Gasteiger partial charge in [-0.05, 0) is 24.7 Å². The Morgan fingerprint density at radius 2 is 2.46 bits per heavy atom. The summed E-state index contributed by atoms with van der Waals surface area (Å²) in [4.78, 5) is 4.10. The SMILES string of the molecule is CCCC1(CNc2ncns2)CC1. The minimum atomic E-state index is 0.598. The lowest BCUT2D eigenvalue weighted by Gasteiger charge is -2.13. The Balaban J connectivity index is 1.79. The lowest BCUT2D eigenvalue weighted by atomic mass is 10.0. The molecule has 2 rings (SSSR count). The summed E-state index contributed by atoms with van der Waals surface area (Å²) >= 11 is 1.44. The van der Waals surface area contributed by atoms with E-state index in [0.717, 1.165) is 11.7 Å². The topological polar surface area (TPSA) is 37.8 Å². The minimum absolute atomic E-state index is 0.598. The Kier molecular flexibility index (Phi) is 2.49. The van der Waals surface area contributed by atoms with Crippen molar-refractivity contribution in [2.75, 3.05) is 11.9 Å². The van der Waals surface area contributed by atoms with Crippen LogP contribution in [0.5, 0.6) is 0 Å². The molecule has 0 aromatic carbocycles. The van der Waals surface area contributed by atoms with Crippen LogP contribution in [0.1, 0.15) is 32.6 Å². The fraction of sp³-hybridized carbons (Fsp3) is 0.778. The van der Waals surface area contributed by atoms with Gasteiger partial charge in [0.25, 0.3) is 0 Å². The smallest absolute Gasteiger partial charge is 0.202 e. The Morgan fingerprint density at radius 3 is 3.00 bits per heavy atom. The van der Waals surface area contributed by atoms with E-state index in [0.29, 0.717) is 5.41 Å². The fourth-order valence-corrected chi connectivity index (χ4v) is 2.16. The Labute approximate surface area is 82.8 Å². The quantitative estimate of drug-likeness (QED) is 0.788. The molecule has 0 aliphatic heterocycles. The lowest BCUT2D eigenvalue weighted by molar-refractivity contribution is 0.485. The average molecular weight is 197 g/mol. The van der Waals surface area contributed by atoms with Crippen molar-refractivity contribution in [2.45, 2.75) is 32.6 Å². The highest BCUT2D eigenvalue weighted by atomic mass is 32.1. The molecule has 0 amide bonds. The van der Waals surface area contributed by atoms with Crippen LogP contribution in [0.25, 0.3) is 0 Å². The molecule has 13 heavy (non-hydrogen) atoms. The van der Waals surface area contributed by atoms with Gasteiger partial charge in [0.2, 0.25) is 5.13 Å². The van der Waals surface area contributed by atoms with Crippen LogP contribution in [0.4, 0.5) is 5.13 Å². The molecule has 4 heteroatoms. The maximum atomic E-state index is 4.10. The van der Waals surface area contributed by atoms with E-state index >= 15 is 0 Å². The lowest BCUT2D eigenvalue weighted by Crippen LogP contribution is -2.14. The van der Waals surface area contributed by atoms with Gasteiger partial charge in [-0.2, -0.15) is 4.37 Å². The van der Waals surface area contributed by atoms with Gasteiger partial charge in [-0.3, -0.25) is 0 Å². The van der Waals surface area contributed by atoms with E-state index in [1.54, 1.807) is 6.33 Å². The van der Waals surface area contributed by atoms with E-state index in [-0.39, 0.29) is 0 Å². The highest BCUT2D eigenvalue weighted by molar-refractivity contribution is 7.09. The summed E-state index contributed by atoms with van der Waals surface area (Å²) in [5.41, 5.74) is 0.598. The van der Waals surface area contributed by atoms with Crippen LogP contribution in [-0.4, -0.2) is 15.9 Å². The highest BCUT2D eigenvalue weighted by Crippen LogP contribution is 2.49. The molecule has 0 spiro atoms. The second-order valence-electron chi connectivity index (χ2n) is 3.85. The summed E-state index contributed by atoms with van der Waals surface area (Å²) in [5, 5.41) is 4.32. The predicted molar refractivity (Wildman–Crippen MR) is 55.0 cm³/mol. The molecule has 0 radical (unpaired) electrons. The van der Waals surface area contributed by atoms with E-state index < -0.39 is 0 Å². The number of nitrogens with zero attached hydrogens (tertiary/aromatic N) is 2. The molecule has 1 aromatic heterocycles. The molecule has 0 bridgehead atoms. The Bertz CT molecular complexity index is 254. The number of nitrogens with one attached hydrogen (secondary N) is 1. The van der Waals surface area contributed by atoms with Crippen LogP contribution in [0.15, 0.2) is 6.33 Å². The molecule has 1 saturated carbocycles. The van der Waals surface area contributed by atoms with Crippen LogP contribution in [-0.2, 0) is 0 Å². The molecule has 1 aromatic rings. The molecule has 1 fully saturated rings. The minimum Gasteiger partial charge on any atom is -0.360 e. The van der Waals surface area contributed by atoms with E-state index in [4.69, 9.17) is 0 Å². The molecule has 1 aliphatic carbocycles. The largest absolute Gasteiger partial charge is 0.360 e. The van der Waals surface area contributed by atoms with Crippen molar-refractivity contribution in [2.24, 2.45) is 5.41 Å². The third-order valence-electron chi connectivity index (χ3n) is 2.71. The van der Waals surface area contributed by atoms with Crippen molar-refractivity contribution in [3.8, 4) is 0 Å². The molecular formula is C9H15N3S. The second kappa shape index (κ2) is 3.62. The van der Waals surface area contributed by atoms with Gasteiger partial charge in [0.15, 0.2) is 0 Å². The van der Waals surface area contributed by atoms with Gasteiger partial charge in [0.05, 0.1) is 0 Å². The zero-order chi connectivity index (χ0) is 9.15. The summed E-state index contributed by atoms with van der Waals surface area (Å²) in [6.45, 7) is 3.33. The Hall–Kier alpha value is -0.640. The first-order valence-electron chi connectivity index (χ1n) is 4.85. The molecular weight excluding hydrogens is 182 g/mol. The number of hydrogen-bond acceptors (Lipinski definition) is 4. The molecule has 1 aliphatic rings. The first-order valence-corrected chi connectivity index (χ1v) is 5.62. The zero-order valence-electron chi connectivity index (χ0n) is 7.92. The molecule has 3 nitrogen and oxygen atoms in total. The van der Waals surface area contributed by atoms with E-state index in [2.05, 4.69) is 21.6 Å². The highest BCUT2D eigenvalue weighted by Gasteiger charge is 2.41. The first kappa shape index (κ1) is 8.94. The summed E-state index contributed by atoms with van der Waals surface area (Å²) in [5.74, 6) is 0. The zero-order valence-corrected chi connectivity index (χ0v) is 8.73. The Morgan fingerprint density at radius 1 is 1.62 bits per heavy atom. The number of anilines is 1. The maximum absolute atomic E-state index is 4.10. The third kappa shape index (κ3) is 2.18. The van der Waals surface area contributed by atoms with Gasteiger partial charge in [-0.15, -0.1) is 0 Å². The number of rotatable bonds is 5. The monoisotopic (exact) mass is 197 g/mol. The van der Waals surface area contributed by atoms with Crippen molar-refractivity contribution in [3.05, 3.63) is 6.33 Å². The summed E-state index contributed by atoms with van der Waals surface area (Å²) < 4.78 is 3.96. The van der Waals surface area contributed by atoms with Gasteiger partial charge in [0, 0.05) is 18.1 Å². The number of hydrogen-bond donors (Lipinski definition) is 1. The maximum Gasteiger partial charge on any atom is 0.202 e. The van der Waals surface area contributed by atoms with Crippen LogP contribution < -0.4 is 5.32 Å². The number of aromatic nitrogens is 2. The molecule has 0 atom stereocenters. The van der Waals surface area contributed by atoms with Crippen LogP contribution in [0.3, 0.4) is 0 Å². The van der Waals surface area contributed by atoms with Crippen LogP contribution >= 0.6 is 11.5 Å².